The monoisotopic (exact) mass is 289 g/mol. The molecule has 0 atom stereocenters. The summed E-state index contributed by atoms with van der Waals surface area (Å²) in [5.41, 5.74) is 1.45. The van der Waals surface area contributed by atoms with Gasteiger partial charge in [-0.3, -0.25) is 4.79 Å². The molecular weight excluding hydrogens is 273 g/mol. The Labute approximate surface area is 122 Å². The fraction of sp³-hybridized carbons (Fsp3) is 0.188. The van der Waals surface area contributed by atoms with Gasteiger partial charge in [0.2, 0.25) is 0 Å². The number of carbonyl (C=O) groups is 1. The molecule has 21 heavy (non-hydrogen) atoms. The number of hydrogen-bond acceptors (Lipinski definition) is 3. The third kappa shape index (κ3) is 4.21. The van der Waals surface area contributed by atoms with Gasteiger partial charge in [0.15, 0.2) is 6.61 Å². The molecule has 4 nitrogen and oxygen atoms in total. The molecule has 0 radical (unpaired) electrons. The summed E-state index contributed by atoms with van der Waals surface area (Å²) in [7, 11) is 1.41. The van der Waals surface area contributed by atoms with Gasteiger partial charge in [0, 0.05) is 6.07 Å². The number of anilines is 1. The maximum atomic E-state index is 13.1. The van der Waals surface area contributed by atoms with Gasteiger partial charge < -0.3 is 14.8 Å². The maximum Gasteiger partial charge on any atom is 0.262 e. The number of carbonyl (C=O) groups excluding carboxylic acids is 1. The number of halogens is 1. The Hall–Kier alpha value is -2.56. The van der Waals surface area contributed by atoms with Crippen molar-refractivity contribution in [2.45, 2.75) is 6.92 Å². The highest BCUT2D eigenvalue weighted by atomic mass is 19.1. The first-order valence-corrected chi connectivity index (χ1v) is 6.41. The van der Waals surface area contributed by atoms with Crippen LogP contribution in [0.3, 0.4) is 0 Å². The van der Waals surface area contributed by atoms with Crippen molar-refractivity contribution in [2.24, 2.45) is 0 Å². The molecule has 0 bridgehead atoms. The second-order valence-electron chi connectivity index (χ2n) is 4.50. The SMILES string of the molecule is COc1cc(F)ccc1NC(=O)COc1cccc(C)c1. The van der Waals surface area contributed by atoms with Crippen LogP contribution >= 0.6 is 0 Å². The summed E-state index contributed by atoms with van der Waals surface area (Å²) in [6.07, 6.45) is 0. The second kappa shape index (κ2) is 6.74. The summed E-state index contributed by atoms with van der Waals surface area (Å²) in [6, 6.07) is 11.3. The third-order valence-corrected chi connectivity index (χ3v) is 2.80. The zero-order chi connectivity index (χ0) is 15.2. The van der Waals surface area contributed by atoms with Gasteiger partial charge in [0.1, 0.15) is 17.3 Å². The Kier molecular flexibility index (Phi) is 4.77. The molecule has 0 aliphatic rings. The fourth-order valence-corrected chi connectivity index (χ4v) is 1.81. The topological polar surface area (TPSA) is 47.6 Å². The van der Waals surface area contributed by atoms with Crippen LogP contribution in [-0.2, 0) is 4.79 Å². The molecule has 0 aromatic heterocycles. The van der Waals surface area contributed by atoms with Crippen LogP contribution in [0.2, 0.25) is 0 Å². The van der Waals surface area contributed by atoms with E-state index < -0.39 is 5.82 Å². The van der Waals surface area contributed by atoms with E-state index >= 15 is 0 Å². The molecule has 0 saturated carbocycles. The van der Waals surface area contributed by atoms with Crippen LogP contribution in [0.25, 0.3) is 0 Å². The molecule has 0 aliphatic heterocycles. The molecular formula is C16H16FNO3. The number of methoxy groups -OCH3 is 1. The Bertz CT molecular complexity index is 643. The molecule has 1 amide bonds. The Morgan fingerprint density at radius 3 is 2.76 bits per heavy atom. The average Bonchev–Trinajstić information content (AvgIpc) is 2.47. The van der Waals surface area contributed by atoms with Gasteiger partial charge in [0.05, 0.1) is 12.8 Å². The predicted molar refractivity (Wildman–Crippen MR) is 78.3 cm³/mol. The van der Waals surface area contributed by atoms with E-state index in [9.17, 15) is 9.18 Å². The molecule has 0 heterocycles. The Balaban J connectivity index is 1.96. The molecule has 2 aromatic rings. The van der Waals surface area contributed by atoms with Crippen molar-refractivity contribution in [3.8, 4) is 11.5 Å². The number of amides is 1. The number of ether oxygens (including phenoxy) is 2. The largest absolute Gasteiger partial charge is 0.494 e. The van der Waals surface area contributed by atoms with Crippen LogP contribution in [0, 0.1) is 12.7 Å². The summed E-state index contributed by atoms with van der Waals surface area (Å²) in [5.74, 6) is 0.109. The highest BCUT2D eigenvalue weighted by Gasteiger charge is 2.09. The number of rotatable bonds is 5. The van der Waals surface area contributed by atoms with Gasteiger partial charge in [0.25, 0.3) is 5.91 Å². The lowest BCUT2D eigenvalue weighted by Gasteiger charge is -2.11. The van der Waals surface area contributed by atoms with Gasteiger partial charge in [-0.25, -0.2) is 4.39 Å². The second-order valence-corrected chi connectivity index (χ2v) is 4.50. The lowest BCUT2D eigenvalue weighted by Crippen LogP contribution is -2.20. The average molecular weight is 289 g/mol. The molecule has 0 aliphatic carbocycles. The first kappa shape index (κ1) is 14.8. The Morgan fingerprint density at radius 1 is 1.24 bits per heavy atom. The number of hydrogen-bond donors (Lipinski definition) is 1. The minimum absolute atomic E-state index is 0.135. The minimum Gasteiger partial charge on any atom is -0.494 e. The summed E-state index contributed by atoms with van der Waals surface area (Å²) in [4.78, 5) is 11.8. The minimum atomic E-state index is -0.430. The van der Waals surface area contributed by atoms with E-state index in [2.05, 4.69) is 5.32 Å². The van der Waals surface area contributed by atoms with Crippen LogP contribution in [0.1, 0.15) is 5.56 Å². The molecule has 0 spiro atoms. The predicted octanol–water partition coefficient (Wildman–Crippen LogP) is 3.16. The number of aryl methyl sites for hydroxylation is 1. The van der Waals surface area contributed by atoms with Crippen molar-refractivity contribution in [3.05, 3.63) is 53.8 Å². The molecule has 2 rings (SSSR count). The summed E-state index contributed by atoms with van der Waals surface area (Å²) in [5, 5.41) is 2.62. The van der Waals surface area contributed by atoms with E-state index in [1.807, 2.05) is 25.1 Å². The summed E-state index contributed by atoms with van der Waals surface area (Å²) in [6.45, 7) is 1.81. The van der Waals surface area contributed by atoms with E-state index in [0.717, 1.165) is 5.56 Å². The van der Waals surface area contributed by atoms with Crippen molar-refractivity contribution in [1.82, 2.24) is 0 Å². The molecule has 5 heteroatoms. The van der Waals surface area contributed by atoms with Crippen LogP contribution in [0.4, 0.5) is 10.1 Å². The van der Waals surface area contributed by atoms with Gasteiger partial charge in [-0.05, 0) is 36.8 Å². The van der Waals surface area contributed by atoms with Crippen molar-refractivity contribution in [1.29, 1.82) is 0 Å². The van der Waals surface area contributed by atoms with Gasteiger partial charge >= 0.3 is 0 Å². The molecule has 1 N–H and O–H groups in total. The standard InChI is InChI=1S/C16H16FNO3/c1-11-4-3-5-13(8-11)21-10-16(19)18-14-7-6-12(17)9-15(14)20-2/h3-9H,10H2,1-2H3,(H,18,19). The zero-order valence-corrected chi connectivity index (χ0v) is 11.9. The highest BCUT2D eigenvalue weighted by Crippen LogP contribution is 2.24. The lowest BCUT2D eigenvalue weighted by molar-refractivity contribution is -0.118. The van der Waals surface area contributed by atoms with Crippen LogP contribution in [0.5, 0.6) is 11.5 Å². The summed E-state index contributed by atoms with van der Waals surface area (Å²) < 4.78 is 23.5. The van der Waals surface area contributed by atoms with Crippen LogP contribution in [-0.4, -0.2) is 19.6 Å². The number of benzene rings is 2. The molecule has 0 saturated heterocycles. The quantitative estimate of drug-likeness (QED) is 0.919. The van der Waals surface area contributed by atoms with Crippen molar-refractivity contribution in [3.63, 3.8) is 0 Å². The van der Waals surface area contributed by atoms with E-state index in [-0.39, 0.29) is 18.3 Å². The molecule has 2 aromatic carbocycles. The van der Waals surface area contributed by atoms with E-state index in [1.54, 1.807) is 6.07 Å². The smallest absolute Gasteiger partial charge is 0.262 e. The van der Waals surface area contributed by atoms with Crippen LogP contribution < -0.4 is 14.8 Å². The van der Waals surface area contributed by atoms with Gasteiger partial charge in [-0.1, -0.05) is 12.1 Å². The van der Waals surface area contributed by atoms with Gasteiger partial charge in [-0.15, -0.1) is 0 Å². The van der Waals surface area contributed by atoms with Crippen molar-refractivity contribution in [2.75, 3.05) is 19.0 Å². The van der Waals surface area contributed by atoms with Gasteiger partial charge in [-0.2, -0.15) is 0 Å². The molecule has 110 valence electrons. The highest BCUT2D eigenvalue weighted by molar-refractivity contribution is 5.93. The lowest BCUT2D eigenvalue weighted by atomic mass is 10.2. The summed E-state index contributed by atoms with van der Waals surface area (Å²) >= 11 is 0. The normalized spacial score (nSPS) is 10.0. The zero-order valence-electron chi connectivity index (χ0n) is 11.9. The van der Waals surface area contributed by atoms with Crippen molar-refractivity contribution >= 4 is 11.6 Å². The maximum absolute atomic E-state index is 13.1. The molecule has 0 unspecified atom stereocenters. The number of nitrogens with one attached hydrogen (secondary N) is 1. The first-order valence-electron chi connectivity index (χ1n) is 6.41. The van der Waals surface area contributed by atoms with E-state index in [0.29, 0.717) is 11.4 Å². The first-order chi connectivity index (χ1) is 10.1. The van der Waals surface area contributed by atoms with Crippen molar-refractivity contribution < 1.29 is 18.7 Å². The third-order valence-electron chi connectivity index (χ3n) is 2.80. The Morgan fingerprint density at radius 2 is 2.05 bits per heavy atom. The molecule has 0 fully saturated rings. The van der Waals surface area contributed by atoms with Crippen LogP contribution in [0.15, 0.2) is 42.5 Å². The van der Waals surface area contributed by atoms with E-state index in [4.69, 9.17) is 9.47 Å². The fourth-order valence-electron chi connectivity index (χ4n) is 1.81. The van der Waals surface area contributed by atoms with E-state index in [1.165, 1.54) is 25.3 Å².